The van der Waals surface area contributed by atoms with Crippen molar-refractivity contribution in [3.63, 3.8) is 0 Å². The van der Waals surface area contributed by atoms with Crippen LogP contribution in [0.2, 0.25) is 0 Å². The number of benzene rings is 1. The third-order valence-corrected chi connectivity index (χ3v) is 8.10. The molecule has 10 heteroatoms. The quantitative estimate of drug-likeness (QED) is 0.474. The number of carbonyl (C=O) groups excluding carboxylic acids is 2. The lowest BCUT2D eigenvalue weighted by Crippen LogP contribution is -2.35. The molecule has 0 saturated carbocycles. The molecule has 3 rings (SSSR count). The van der Waals surface area contributed by atoms with Crippen molar-refractivity contribution >= 4 is 44.9 Å². The lowest BCUT2D eigenvalue weighted by Gasteiger charge is -2.10. The summed E-state index contributed by atoms with van der Waals surface area (Å²) in [5.74, 6) is -0.343. The summed E-state index contributed by atoms with van der Waals surface area (Å²) in [7, 11) is -3.66. The van der Waals surface area contributed by atoms with E-state index < -0.39 is 16.1 Å². The van der Waals surface area contributed by atoms with E-state index in [1.807, 2.05) is 19.2 Å². The van der Waals surface area contributed by atoms with Crippen molar-refractivity contribution in [3.8, 4) is 10.6 Å². The van der Waals surface area contributed by atoms with Crippen molar-refractivity contribution in [1.29, 1.82) is 0 Å². The fraction of sp³-hybridized carbons (Fsp3) is 0.250. The second kappa shape index (κ2) is 9.61. The van der Waals surface area contributed by atoms with E-state index in [2.05, 4.69) is 15.0 Å². The lowest BCUT2D eigenvalue weighted by atomic mass is 10.1. The first-order valence-corrected chi connectivity index (χ1v) is 12.4. The SMILES string of the molecule is CC[C@@H](C=O)NC(=O)c1ccc(CNS(=O)(=O)c2ccc(-c3csc(C)n3)s2)cc1. The van der Waals surface area contributed by atoms with Gasteiger partial charge >= 0.3 is 0 Å². The van der Waals surface area contributed by atoms with Crippen LogP contribution in [-0.2, 0) is 21.4 Å². The van der Waals surface area contributed by atoms with Gasteiger partial charge in [-0.3, -0.25) is 4.79 Å². The van der Waals surface area contributed by atoms with Crippen LogP contribution in [0.3, 0.4) is 0 Å². The molecule has 3 aromatic rings. The van der Waals surface area contributed by atoms with Gasteiger partial charge in [-0.2, -0.15) is 0 Å². The van der Waals surface area contributed by atoms with Crippen molar-refractivity contribution in [3.05, 3.63) is 57.9 Å². The normalized spacial score (nSPS) is 12.5. The standard InChI is InChI=1S/C20H21N3O4S3/c1-3-16(11-24)23-20(25)15-6-4-14(5-7-15)10-21-30(26,27)19-9-8-18(29-19)17-12-28-13(2)22-17/h4-9,11-12,16,21H,3,10H2,1-2H3,(H,23,25)/t16-/m0/s1. The van der Waals surface area contributed by atoms with Gasteiger partial charge in [0, 0.05) is 17.5 Å². The number of hydrogen-bond donors (Lipinski definition) is 2. The highest BCUT2D eigenvalue weighted by Gasteiger charge is 2.18. The first-order valence-electron chi connectivity index (χ1n) is 9.19. The fourth-order valence-corrected chi connectivity index (χ4v) is 5.60. The molecule has 2 heterocycles. The second-order valence-electron chi connectivity index (χ2n) is 6.52. The Morgan fingerprint density at radius 3 is 2.53 bits per heavy atom. The van der Waals surface area contributed by atoms with Crippen LogP contribution in [0.4, 0.5) is 0 Å². The van der Waals surface area contributed by atoms with E-state index in [0.717, 1.165) is 15.6 Å². The zero-order valence-electron chi connectivity index (χ0n) is 16.4. The van der Waals surface area contributed by atoms with E-state index >= 15 is 0 Å². The van der Waals surface area contributed by atoms with E-state index in [4.69, 9.17) is 0 Å². The number of aldehydes is 1. The number of rotatable bonds is 9. The molecule has 1 amide bonds. The summed E-state index contributed by atoms with van der Waals surface area (Å²) < 4.78 is 28.0. The predicted octanol–water partition coefficient (Wildman–Crippen LogP) is 3.37. The molecule has 158 valence electrons. The van der Waals surface area contributed by atoms with Crippen LogP contribution in [0.25, 0.3) is 10.6 Å². The van der Waals surface area contributed by atoms with Gasteiger partial charge in [0.05, 0.1) is 21.6 Å². The van der Waals surface area contributed by atoms with Crippen LogP contribution in [0.1, 0.15) is 34.3 Å². The third-order valence-electron chi connectivity index (χ3n) is 4.32. The number of aromatic nitrogens is 1. The molecule has 0 aliphatic rings. The number of thiophene rings is 1. The van der Waals surface area contributed by atoms with Crippen molar-refractivity contribution < 1.29 is 18.0 Å². The Kier molecular flexibility index (Phi) is 7.14. The molecule has 0 unspecified atom stereocenters. The van der Waals surface area contributed by atoms with Crippen LogP contribution >= 0.6 is 22.7 Å². The van der Waals surface area contributed by atoms with Gasteiger partial charge in [-0.1, -0.05) is 19.1 Å². The van der Waals surface area contributed by atoms with Gasteiger partial charge in [-0.05, 0) is 43.2 Å². The Balaban J connectivity index is 1.63. The average Bonchev–Trinajstić information content (AvgIpc) is 3.40. The summed E-state index contributed by atoms with van der Waals surface area (Å²) >= 11 is 2.69. The number of nitrogens with one attached hydrogen (secondary N) is 2. The first-order chi connectivity index (χ1) is 14.3. The summed E-state index contributed by atoms with van der Waals surface area (Å²) in [4.78, 5) is 28.2. The molecule has 0 spiro atoms. The molecule has 0 bridgehead atoms. The smallest absolute Gasteiger partial charge is 0.251 e. The minimum Gasteiger partial charge on any atom is -0.343 e. The largest absolute Gasteiger partial charge is 0.343 e. The van der Waals surface area contributed by atoms with Crippen molar-refractivity contribution in [2.45, 2.75) is 37.1 Å². The van der Waals surface area contributed by atoms with Crippen LogP contribution in [-0.4, -0.2) is 31.6 Å². The summed E-state index contributed by atoms with van der Waals surface area (Å²) in [5.41, 5.74) is 1.89. The lowest BCUT2D eigenvalue weighted by molar-refractivity contribution is -0.109. The van der Waals surface area contributed by atoms with Crippen LogP contribution in [0.15, 0.2) is 46.0 Å². The average molecular weight is 464 g/mol. The Hall–Kier alpha value is -2.40. The molecule has 0 aliphatic carbocycles. The highest BCUT2D eigenvalue weighted by molar-refractivity contribution is 7.91. The van der Waals surface area contributed by atoms with Gasteiger partial charge < -0.3 is 10.1 Å². The van der Waals surface area contributed by atoms with Gasteiger partial charge in [0.25, 0.3) is 5.91 Å². The van der Waals surface area contributed by atoms with E-state index in [-0.39, 0.29) is 16.7 Å². The first kappa shape index (κ1) is 22.3. The van der Waals surface area contributed by atoms with Gasteiger partial charge in [-0.25, -0.2) is 18.1 Å². The molecule has 7 nitrogen and oxygen atoms in total. The number of hydrogen-bond acceptors (Lipinski definition) is 7. The maximum absolute atomic E-state index is 12.6. The number of sulfonamides is 1. The topological polar surface area (TPSA) is 105 Å². The molecule has 0 radical (unpaired) electrons. The van der Waals surface area contributed by atoms with Crippen molar-refractivity contribution in [1.82, 2.24) is 15.0 Å². The van der Waals surface area contributed by atoms with Gasteiger partial charge in [0.1, 0.15) is 10.5 Å². The zero-order chi connectivity index (χ0) is 21.7. The van der Waals surface area contributed by atoms with Gasteiger partial charge in [-0.15, -0.1) is 22.7 Å². The monoisotopic (exact) mass is 463 g/mol. The molecular weight excluding hydrogens is 442 g/mol. The molecular formula is C20H21N3O4S3. The highest BCUT2D eigenvalue weighted by atomic mass is 32.2. The zero-order valence-corrected chi connectivity index (χ0v) is 18.9. The molecule has 2 aromatic heterocycles. The van der Waals surface area contributed by atoms with E-state index in [1.54, 1.807) is 36.4 Å². The number of thiazole rings is 1. The number of carbonyl (C=O) groups is 2. The third kappa shape index (κ3) is 5.39. The number of aryl methyl sites for hydroxylation is 1. The van der Waals surface area contributed by atoms with Crippen LogP contribution in [0.5, 0.6) is 0 Å². The minimum absolute atomic E-state index is 0.0964. The Morgan fingerprint density at radius 1 is 1.20 bits per heavy atom. The second-order valence-corrected chi connectivity index (χ2v) is 10.7. The summed E-state index contributed by atoms with van der Waals surface area (Å²) in [6.45, 7) is 3.81. The maximum Gasteiger partial charge on any atom is 0.251 e. The van der Waals surface area contributed by atoms with Crippen LogP contribution < -0.4 is 10.0 Å². The molecule has 1 aromatic carbocycles. The van der Waals surface area contributed by atoms with Crippen LogP contribution in [0, 0.1) is 6.92 Å². The molecule has 0 fully saturated rings. The van der Waals surface area contributed by atoms with Crippen molar-refractivity contribution in [2.24, 2.45) is 0 Å². The molecule has 0 saturated heterocycles. The van der Waals surface area contributed by atoms with E-state index in [0.29, 0.717) is 23.8 Å². The Bertz CT molecular complexity index is 1130. The highest BCUT2D eigenvalue weighted by Crippen LogP contribution is 2.31. The van der Waals surface area contributed by atoms with Gasteiger partial charge in [0.2, 0.25) is 10.0 Å². The maximum atomic E-state index is 12.6. The summed E-state index contributed by atoms with van der Waals surface area (Å²) in [6, 6.07) is 9.36. The predicted molar refractivity (Wildman–Crippen MR) is 118 cm³/mol. The van der Waals surface area contributed by atoms with E-state index in [1.165, 1.54) is 22.7 Å². The van der Waals surface area contributed by atoms with Crippen molar-refractivity contribution in [2.75, 3.05) is 0 Å². The fourth-order valence-electron chi connectivity index (χ4n) is 2.59. The summed E-state index contributed by atoms with van der Waals surface area (Å²) in [5, 5.41) is 5.45. The Labute approximate surface area is 183 Å². The molecule has 2 N–H and O–H groups in total. The number of amides is 1. The minimum atomic E-state index is -3.66. The summed E-state index contributed by atoms with van der Waals surface area (Å²) in [6.07, 6.45) is 1.22. The molecule has 1 atom stereocenters. The molecule has 0 aliphatic heterocycles. The van der Waals surface area contributed by atoms with E-state index in [9.17, 15) is 18.0 Å². The Morgan fingerprint density at radius 2 is 1.93 bits per heavy atom. The molecule has 30 heavy (non-hydrogen) atoms. The number of nitrogens with zero attached hydrogens (tertiary/aromatic N) is 1. The van der Waals surface area contributed by atoms with Gasteiger partial charge in [0.15, 0.2) is 0 Å².